The third-order valence-electron chi connectivity index (χ3n) is 3.24. The van der Waals surface area contributed by atoms with Crippen molar-refractivity contribution in [2.24, 2.45) is 0 Å². The standard InChI is InChI=1S/C14H13FN4O/c1-18-9-19(7-10-2-4-11(15)5-3-10)13-12(14(18)20)6-16-8-17-13/h2-6,8H,7,9H2,1H3. The van der Waals surface area contributed by atoms with Gasteiger partial charge in [0.1, 0.15) is 23.5 Å². The van der Waals surface area contributed by atoms with Crippen molar-refractivity contribution in [2.45, 2.75) is 6.54 Å². The Balaban J connectivity index is 1.92. The monoisotopic (exact) mass is 272 g/mol. The zero-order valence-electron chi connectivity index (χ0n) is 11.0. The molecule has 0 unspecified atom stereocenters. The molecule has 102 valence electrons. The predicted molar refractivity (Wildman–Crippen MR) is 71.6 cm³/mol. The lowest BCUT2D eigenvalue weighted by Crippen LogP contribution is -2.44. The Bertz CT molecular complexity index is 644. The third kappa shape index (κ3) is 2.20. The number of hydrogen-bond acceptors (Lipinski definition) is 4. The van der Waals surface area contributed by atoms with Gasteiger partial charge in [0.25, 0.3) is 5.91 Å². The van der Waals surface area contributed by atoms with Crippen molar-refractivity contribution in [1.82, 2.24) is 14.9 Å². The fourth-order valence-corrected chi connectivity index (χ4v) is 2.25. The van der Waals surface area contributed by atoms with Crippen LogP contribution in [0.2, 0.25) is 0 Å². The lowest BCUT2D eigenvalue weighted by molar-refractivity contribution is 0.0780. The zero-order valence-corrected chi connectivity index (χ0v) is 11.0. The lowest BCUT2D eigenvalue weighted by atomic mass is 10.1. The molecule has 3 rings (SSSR count). The van der Waals surface area contributed by atoms with Gasteiger partial charge in [0, 0.05) is 19.8 Å². The van der Waals surface area contributed by atoms with Gasteiger partial charge in [0.05, 0.1) is 6.67 Å². The Morgan fingerprint density at radius 1 is 1.30 bits per heavy atom. The van der Waals surface area contributed by atoms with Crippen LogP contribution in [0.1, 0.15) is 15.9 Å². The summed E-state index contributed by atoms with van der Waals surface area (Å²) in [5, 5.41) is 0. The highest BCUT2D eigenvalue weighted by Gasteiger charge is 2.28. The molecule has 2 heterocycles. The maximum atomic E-state index is 12.9. The van der Waals surface area contributed by atoms with Crippen LogP contribution in [0.15, 0.2) is 36.8 Å². The molecule has 1 amide bonds. The van der Waals surface area contributed by atoms with Crippen LogP contribution in [0.25, 0.3) is 0 Å². The van der Waals surface area contributed by atoms with Gasteiger partial charge in [0.15, 0.2) is 0 Å². The Morgan fingerprint density at radius 3 is 2.80 bits per heavy atom. The van der Waals surface area contributed by atoms with Gasteiger partial charge >= 0.3 is 0 Å². The quantitative estimate of drug-likeness (QED) is 0.834. The molecular weight excluding hydrogens is 259 g/mol. The topological polar surface area (TPSA) is 49.3 Å². The van der Waals surface area contributed by atoms with Crippen molar-refractivity contribution >= 4 is 11.7 Å². The molecule has 0 radical (unpaired) electrons. The van der Waals surface area contributed by atoms with Gasteiger partial charge in [0.2, 0.25) is 0 Å². The molecular formula is C14H13FN4O. The highest BCUT2D eigenvalue weighted by atomic mass is 19.1. The summed E-state index contributed by atoms with van der Waals surface area (Å²) in [6.45, 7) is 1.00. The number of amides is 1. The summed E-state index contributed by atoms with van der Waals surface area (Å²) in [5.41, 5.74) is 1.45. The van der Waals surface area contributed by atoms with Gasteiger partial charge < -0.3 is 9.80 Å². The highest BCUT2D eigenvalue weighted by molar-refractivity contribution is 6.00. The van der Waals surface area contributed by atoms with Gasteiger partial charge in [-0.15, -0.1) is 0 Å². The summed E-state index contributed by atoms with van der Waals surface area (Å²) in [5.74, 6) is 0.269. The summed E-state index contributed by atoms with van der Waals surface area (Å²) >= 11 is 0. The Labute approximate surface area is 115 Å². The number of anilines is 1. The molecule has 0 saturated carbocycles. The second kappa shape index (κ2) is 4.88. The molecule has 0 saturated heterocycles. The van der Waals surface area contributed by atoms with E-state index < -0.39 is 0 Å². The minimum Gasteiger partial charge on any atom is -0.334 e. The fourth-order valence-electron chi connectivity index (χ4n) is 2.25. The number of carbonyl (C=O) groups is 1. The van der Waals surface area contributed by atoms with Crippen molar-refractivity contribution in [3.05, 3.63) is 53.7 Å². The smallest absolute Gasteiger partial charge is 0.260 e. The summed E-state index contributed by atoms with van der Waals surface area (Å²) in [4.78, 5) is 23.7. The van der Waals surface area contributed by atoms with E-state index in [2.05, 4.69) is 9.97 Å². The van der Waals surface area contributed by atoms with E-state index in [0.29, 0.717) is 24.6 Å². The molecule has 6 heteroatoms. The van der Waals surface area contributed by atoms with Crippen molar-refractivity contribution in [1.29, 1.82) is 0 Å². The van der Waals surface area contributed by atoms with Gasteiger partial charge in [-0.1, -0.05) is 12.1 Å². The number of nitrogens with zero attached hydrogens (tertiary/aromatic N) is 4. The normalized spacial score (nSPS) is 14.4. The number of carbonyl (C=O) groups excluding carboxylic acids is 1. The van der Waals surface area contributed by atoms with Crippen LogP contribution in [0, 0.1) is 5.82 Å². The Hall–Kier alpha value is -2.50. The van der Waals surface area contributed by atoms with Crippen LogP contribution in [0.3, 0.4) is 0 Å². The molecule has 1 aromatic carbocycles. The molecule has 0 N–H and O–H groups in total. The van der Waals surface area contributed by atoms with Crippen LogP contribution in [-0.2, 0) is 6.54 Å². The fraction of sp³-hybridized carbons (Fsp3) is 0.214. The highest BCUT2D eigenvalue weighted by Crippen LogP contribution is 2.24. The molecule has 2 aromatic rings. The van der Waals surface area contributed by atoms with Crippen molar-refractivity contribution in [2.75, 3.05) is 18.6 Å². The van der Waals surface area contributed by atoms with Gasteiger partial charge in [-0.2, -0.15) is 0 Å². The number of benzene rings is 1. The Morgan fingerprint density at radius 2 is 2.05 bits per heavy atom. The molecule has 1 aliphatic rings. The van der Waals surface area contributed by atoms with E-state index in [4.69, 9.17) is 0 Å². The number of hydrogen-bond donors (Lipinski definition) is 0. The molecule has 0 bridgehead atoms. The second-order valence-corrected chi connectivity index (χ2v) is 4.73. The summed E-state index contributed by atoms with van der Waals surface area (Å²) in [6.07, 6.45) is 2.95. The average Bonchev–Trinajstić information content (AvgIpc) is 2.47. The summed E-state index contributed by atoms with van der Waals surface area (Å²) in [6, 6.07) is 6.31. The van der Waals surface area contributed by atoms with E-state index in [1.54, 1.807) is 24.1 Å². The van der Waals surface area contributed by atoms with Crippen molar-refractivity contribution in [3.63, 3.8) is 0 Å². The van der Waals surface area contributed by atoms with Gasteiger partial charge in [-0.3, -0.25) is 4.79 Å². The van der Waals surface area contributed by atoms with Crippen LogP contribution in [0.5, 0.6) is 0 Å². The van der Waals surface area contributed by atoms with Crippen LogP contribution in [0.4, 0.5) is 10.2 Å². The first kappa shape index (κ1) is 12.5. The molecule has 1 aromatic heterocycles. The summed E-state index contributed by atoms with van der Waals surface area (Å²) in [7, 11) is 1.73. The maximum absolute atomic E-state index is 12.9. The van der Waals surface area contributed by atoms with Crippen LogP contribution >= 0.6 is 0 Å². The van der Waals surface area contributed by atoms with Crippen molar-refractivity contribution < 1.29 is 9.18 Å². The largest absolute Gasteiger partial charge is 0.334 e. The van der Waals surface area contributed by atoms with E-state index in [9.17, 15) is 9.18 Å². The SMILES string of the molecule is CN1CN(Cc2ccc(F)cc2)c2ncncc2C1=O. The van der Waals surface area contributed by atoms with E-state index in [-0.39, 0.29) is 11.7 Å². The number of halogens is 1. The molecule has 1 aliphatic heterocycles. The first-order valence-corrected chi connectivity index (χ1v) is 6.20. The second-order valence-electron chi connectivity index (χ2n) is 4.73. The minimum atomic E-state index is -0.262. The van der Waals surface area contributed by atoms with Crippen LogP contribution in [-0.4, -0.2) is 34.5 Å². The van der Waals surface area contributed by atoms with E-state index >= 15 is 0 Å². The molecule has 0 atom stereocenters. The van der Waals surface area contributed by atoms with E-state index in [0.717, 1.165) is 5.56 Å². The van der Waals surface area contributed by atoms with Crippen LogP contribution < -0.4 is 4.90 Å². The first-order valence-electron chi connectivity index (χ1n) is 6.20. The number of rotatable bonds is 2. The molecule has 5 nitrogen and oxygen atoms in total. The first-order chi connectivity index (χ1) is 9.65. The maximum Gasteiger partial charge on any atom is 0.260 e. The van der Waals surface area contributed by atoms with Gasteiger partial charge in [-0.25, -0.2) is 14.4 Å². The summed E-state index contributed by atoms with van der Waals surface area (Å²) < 4.78 is 12.9. The van der Waals surface area contributed by atoms with E-state index in [1.165, 1.54) is 24.7 Å². The predicted octanol–water partition coefficient (Wildman–Crippen LogP) is 1.67. The molecule has 0 aliphatic carbocycles. The van der Waals surface area contributed by atoms with E-state index in [1.807, 2.05) is 4.90 Å². The average molecular weight is 272 g/mol. The van der Waals surface area contributed by atoms with Gasteiger partial charge in [-0.05, 0) is 17.7 Å². The number of fused-ring (bicyclic) bond motifs is 1. The lowest BCUT2D eigenvalue weighted by Gasteiger charge is -2.34. The third-order valence-corrected chi connectivity index (χ3v) is 3.24. The molecule has 0 spiro atoms. The molecule has 0 fully saturated rings. The number of aromatic nitrogens is 2. The van der Waals surface area contributed by atoms with Crippen molar-refractivity contribution in [3.8, 4) is 0 Å². The Kier molecular flexibility index (Phi) is 3.06. The minimum absolute atomic E-state index is 0.0871. The zero-order chi connectivity index (χ0) is 14.1. The molecule has 20 heavy (non-hydrogen) atoms.